The number of amides is 4. The summed E-state index contributed by atoms with van der Waals surface area (Å²) in [5.74, 6) is -2.11. The summed E-state index contributed by atoms with van der Waals surface area (Å²) in [4.78, 5) is 70.8. The van der Waals surface area contributed by atoms with Crippen molar-refractivity contribution in [2.24, 2.45) is 0 Å². The minimum atomic E-state index is -1.67. The molecule has 0 aromatic carbocycles. The van der Waals surface area contributed by atoms with E-state index in [4.69, 9.17) is 18.9 Å². The Hall–Kier alpha value is -3.71. The Morgan fingerprint density at radius 1 is 0.789 bits per heavy atom. The molecule has 0 aliphatic carbocycles. The molecular weight excluding hydrogens is 502 g/mol. The van der Waals surface area contributed by atoms with Gasteiger partial charge >= 0.3 is 24.2 Å². The summed E-state index contributed by atoms with van der Waals surface area (Å²) in [6.45, 7) is 15.0. The Morgan fingerprint density at radius 3 is 1.55 bits per heavy atom. The summed E-state index contributed by atoms with van der Waals surface area (Å²) in [5.41, 5.74) is -3.14. The van der Waals surface area contributed by atoms with Crippen molar-refractivity contribution in [2.45, 2.75) is 105 Å². The first-order chi connectivity index (χ1) is 17.2. The molecule has 0 spiro atoms. The van der Waals surface area contributed by atoms with Crippen molar-refractivity contribution in [2.75, 3.05) is 7.11 Å². The van der Waals surface area contributed by atoms with Gasteiger partial charge in [0, 0.05) is 0 Å². The van der Waals surface area contributed by atoms with Crippen molar-refractivity contribution >= 4 is 30.2 Å². The number of carbonyl (C=O) groups excluding carboxylic acids is 5. The van der Waals surface area contributed by atoms with Gasteiger partial charge in [-0.05, 0) is 69.2 Å². The lowest BCUT2D eigenvalue weighted by Crippen LogP contribution is -2.60. The molecule has 0 aliphatic heterocycles. The van der Waals surface area contributed by atoms with E-state index in [0.29, 0.717) is 9.80 Å². The average Bonchev–Trinajstić information content (AvgIpc) is 3.21. The molecule has 0 N–H and O–H groups in total. The minimum absolute atomic E-state index is 0.344. The van der Waals surface area contributed by atoms with E-state index in [-0.39, 0.29) is 6.54 Å². The highest BCUT2D eigenvalue weighted by atomic mass is 16.6. The van der Waals surface area contributed by atoms with Crippen LogP contribution in [0.25, 0.3) is 0 Å². The van der Waals surface area contributed by atoms with Crippen molar-refractivity contribution in [1.82, 2.24) is 24.6 Å². The summed E-state index contributed by atoms with van der Waals surface area (Å²) in [5, 5.41) is 3.91. The van der Waals surface area contributed by atoms with Gasteiger partial charge in [-0.1, -0.05) is 0 Å². The van der Waals surface area contributed by atoms with E-state index >= 15 is 0 Å². The molecule has 0 radical (unpaired) electrons. The first-order valence-electron chi connectivity index (χ1n) is 11.9. The first kappa shape index (κ1) is 32.3. The summed E-state index contributed by atoms with van der Waals surface area (Å²) in [6.07, 6.45) is -1.13. The molecule has 0 saturated carbocycles. The molecular formula is C24H39N5O9. The van der Waals surface area contributed by atoms with E-state index in [9.17, 15) is 24.0 Å². The Morgan fingerprint density at radius 2 is 1.21 bits per heavy atom. The van der Waals surface area contributed by atoms with Crippen LogP contribution >= 0.6 is 0 Å². The monoisotopic (exact) mass is 541 g/mol. The zero-order chi connectivity index (χ0) is 29.6. The molecule has 14 heteroatoms. The number of imide groups is 2. The molecule has 4 amide bonds. The standard InChI is InChI=1S/C24H39N5O9/c1-15(28(19(32)36-22(2,3)4)20(33)37-23(5,6)7)17(30)29(21(34)38-24(8,9)10)16(18(31)35-11)12-27-14-25-13-26-27/h13-16H,12H2,1-11H3. The number of hydrogen-bond acceptors (Lipinski definition) is 11. The van der Waals surface area contributed by atoms with Crippen molar-refractivity contribution in [3.8, 4) is 0 Å². The van der Waals surface area contributed by atoms with Gasteiger partial charge in [0.25, 0.3) is 5.91 Å². The number of rotatable bonds is 6. The highest BCUT2D eigenvalue weighted by Crippen LogP contribution is 2.21. The maximum atomic E-state index is 13.9. The number of methoxy groups -OCH3 is 1. The van der Waals surface area contributed by atoms with Crippen molar-refractivity contribution < 1.29 is 42.9 Å². The molecule has 214 valence electrons. The van der Waals surface area contributed by atoms with Gasteiger partial charge in [0.15, 0.2) is 6.04 Å². The van der Waals surface area contributed by atoms with Crippen LogP contribution in [0.2, 0.25) is 0 Å². The van der Waals surface area contributed by atoms with Crippen LogP contribution in [-0.2, 0) is 35.1 Å². The van der Waals surface area contributed by atoms with Gasteiger partial charge in [0.05, 0.1) is 13.7 Å². The van der Waals surface area contributed by atoms with E-state index in [1.807, 2.05) is 0 Å². The molecule has 1 aromatic rings. The van der Waals surface area contributed by atoms with Crippen LogP contribution in [0.5, 0.6) is 0 Å². The molecule has 0 fully saturated rings. The van der Waals surface area contributed by atoms with Crippen molar-refractivity contribution in [1.29, 1.82) is 0 Å². The lowest BCUT2D eigenvalue weighted by molar-refractivity contribution is -0.154. The maximum Gasteiger partial charge on any atom is 0.420 e. The van der Waals surface area contributed by atoms with E-state index in [1.165, 1.54) is 24.3 Å². The van der Waals surface area contributed by atoms with Crippen LogP contribution in [0.15, 0.2) is 12.7 Å². The van der Waals surface area contributed by atoms with Gasteiger partial charge in [-0.3, -0.25) is 9.48 Å². The van der Waals surface area contributed by atoms with Crippen molar-refractivity contribution in [3.63, 3.8) is 0 Å². The predicted octanol–water partition coefficient (Wildman–Crippen LogP) is 3.14. The highest BCUT2D eigenvalue weighted by molar-refractivity contribution is 6.02. The quantitative estimate of drug-likeness (QED) is 0.384. The van der Waals surface area contributed by atoms with Crippen LogP contribution in [0.3, 0.4) is 0 Å². The van der Waals surface area contributed by atoms with E-state index in [2.05, 4.69) is 10.1 Å². The van der Waals surface area contributed by atoms with Crippen LogP contribution in [0.4, 0.5) is 14.4 Å². The lowest BCUT2D eigenvalue weighted by Gasteiger charge is -2.35. The Bertz CT molecular complexity index is 976. The SMILES string of the molecule is COC(=O)C(Cn1cncn1)N(C(=O)OC(C)(C)C)C(=O)C(C)N(C(=O)OC(C)(C)C)C(=O)OC(C)(C)C. The number of carbonyl (C=O) groups is 5. The summed E-state index contributed by atoms with van der Waals surface area (Å²) in [7, 11) is 1.07. The van der Waals surface area contributed by atoms with Crippen LogP contribution in [0.1, 0.15) is 69.2 Å². The van der Waals surface area contributed by atoms with Crippen LogP contribution < -0.4 is 0 Å². The summed E-state index contributed by atoms with van der Waals surface area (Å²) >= 11 is 0. The number of hydrogen-bond donors (Lipinski definition) is 0. The summed E-state index contributed by atoms with van der Waals surface area (Å²) < 4.78 is 22.1. The van der Waals surface area contributed by atoms with E-state index in [1.54, 1.807) is 62.3 Å². The number of nitrogens with zero attached hydrogens (tertiary/aromatic N) is 5. The molecule has 1 rings (SSSR count). The average molecular weight is 542 g/mol. The second kappa shape index (κ2) is 12.2. The van der Waals surface area contributed by atoms with Crippen LogP contribution in [-0.4, -0.2) is 90.7 Å². The third kappa shape index (κ3) is 9.98. The number of ether oxygens (including phenoxy) is 4. The molecule has 1 aromatic heterocycles. The summed E-state index contributed by atoms with van der Waals surface area (Å²) in [6, 6.07) is -3.26. The predicted molar refractivity (Wildman–Crippen MR) is 133 cm³/mol. The Labute approximate surface area is 222 Å². The second-order valence-corrected chi connectivity index (χ2v) is 11.4. The maximum absolute atomic E-state index is 13.9. The third-order valence-electron chi connectivity index (χ3n) is 4.36. The molecule has 2 unspecified atom stereocenters. The fourth-order valence-corrected chi connectivity index (χ4v) is 2.91. The molecule has 0 aliphatic rings. The third-order valence-corrected chi connectivity index (χ3v) is 4.36. The zero-order valence-corrected chi connectivity index (χ0v) is 23.9. The largest absolute Gasteiger partial charge is 0.467 e. The normalized spacial score (nSPS) is 13.6. The van der Waals surface area contributed by atoms with Gasteiger partial charge in [-0.25, -0.2) is 29.1 Å². The fourth-order valence-electron chi connectivity index (χ4n) is 2.91. The first-order valence-corrected chi connectivity index (χ1v) is 11.9. The second-order valence-electron chi connectivity index (χ2n) is 11.4. The van der Waals surface area contributed by atoms with E-state index in [0.717, 1.165) is 7.11 Å². The molecule has 14 nitrogen and oxygen atoms in total. The zero-order valence-electron chi connectivity index (χ0n) is 23.9. The minimum Gasteiger partial charge on any atom is -0.467 e. The fraction of sp³-hybridized carbons (Fsp3) is 0.708. The van der Waals surface area contributed by atoms with Gasteiger partial charge in [0.1, 0.15) is 35.5 Å². The van der Waals surface area contributed by atoms with Gasteiger partial charge < -0.3 is 18.9 Å². The number of esters is 1. The van der Waals surface area contributed by atoms with Gasteiger partial charge in [-0.2, -0.15) is 10.00 Å². The Balaban J connectivity index is 3.62. The van der Waals surface area contributed by atoms with Crippen molar-refractivity contribution in [3.05, 3.63) is 12.7 Å². The molecule has 38 heavy (non-hydrogen) atoms. The van der Waals surface area contributed by atoms with Gasteiger partial charge in [-0.15, -0.1) is 0 Å². The molecule has 0 saturated heterocycles. The smallest absolute Gasteiger partial charge is 0.420 e. The molecule has 1 heterocycles. The number of aromatic nitrogens is 3. The lowest BCUT2D eigenvalue weighted by atomic mass is 10.1. The van der Waals surface area contributed by atoms with Gasteiger partial charge in [0.2, 0.25) is 0 Å². The topological polar surface area (TPSA) is 159 Å². The Kier molecular flexibility index (Phi) is 10.4. The van der Waals surface area contributed by atoms with E-state index < -0.39 is 59.0 Å². The highest BCUT2D eigenvalue weighted by Gasteiger charge is 2.46. The van der Waals surface area contributed by atoms with Crippen LogP contribution in [0, 0.1) is 0 Å². The molecule has 0 bridgehead atoms. The molecule has 2 atom stereocenters.